The van der Waals surface area contributed by atoms with Gasteiger partial charge in [0.1, 0.15) is 6.10 Å². The lowest BCUT2D eigenvalue weighted by Crippen LogP contribution is -2.00. The smallest absolute Gasteiger partial charge is 0.200 e. The van der Waals surface area contributed by atoms with E-state index < -0.39 is 6.10 Å². The third-order valence-corrected chi connectivity index (χ3v) is 1.97. The number of ether oxygens (including phenoxy) is 2. The number of carbonyl (C=O) groups excluding carboxylic acids is 1. The minimum absolute atomic E-state index is 0.144. The normalized spacial score (nSPS) is 11.9. The minimum atomic E-state index is -1.26. The van der Waals surface area contributed by atoms with Crippen molar-refractivity contribution < 1.29 is 24.5 Å². The molecule has 5 nitrogen and oxygen atoms in total. The van der Waals surface area contributed by atoms with Gasteiger partial charge in [0.05, 0.1) is 14.2 Å². The number of methoxy groups -OCH3 is 2. The molecule has 0 spiro atoms. The summed E-state index contributed by atoms with van der Waals surface area (Å²) in [5, 5.41) is 18.8. The monoisotopic (exact) mass is 212 g/mol. The molecule has 0 fully saturated rings. The number of rotatable bonds is 4. The van der Waals surface area contributed by atoms with Crippen molar-refractivity contribution in [1.82, 2.24) is 0 Å². The SMILES string of the molecule is COc1cc(C(O)C=O)cc(OC)c1O. The van der Waals surface area contributed by atoms with Crippen molar-refractivity contribution in [3.63, 3.8) is 0 Å². The summed E-state index contributed by atoms with van der Waals surface area (Å²) in [5.74, 6) is 0.123. The van der Waals surface area contributed by atoms with Crippen LogP contribution in [0.1, 0.15) is 11.7 Å². The summed E-state index contributed by atoms with van der Waals surface area (Å²) >= 11 is 0. The van der Waals surface area contributed by atoms with Gasteiger partial charge in [0, 0.05) is 0 Å². The molecule has 0 saturated carbocycles. The van der Waals surface area contributed by atoms with Gasteiger partial charge in [0.2, 0.25) is 5.75 Å². The summed E-state index contributed by atoms with van der Waals surface area (Å²) in [6, 6.07) is 2.74. The van der Waals surface area contributed by atoms with Gasteiger partial charge in [-0.25, -0.2) is 0 Å². The summed E-state index contributed by atoms with van der Waals surface area (Å²) in [6.07, 6.45) is -0.876. The summed E-state index contributed by atoms with van der Waals surface area (Å²) in [4.78, 5) is 10.4. The summed E-state index contributed by atoms with van der Waals surface area (Å²) in [7, 11) is 2.73. The third kappa shape index (κ3) is 2.19. The first-order valence-corrected chi connectivity index (χ1v) is 4.22. The van der Waals surface area contributed by atoms with E-state index in [9.17, 15) is 15.0 Å². The molecule has 1 unspecified atom stereocenters. The Hall–Kier alpha value is -1.75. The van der Waals surface area contributed by atoms with E-state index in [2.05, 4.69) is 0 Å². The Bertz CT molecular complexity index is 336. The first-order chi connectivity index (χ1) is 7.13. The lowest BCUT2D eigenvalue weighted by molar-refractivity contribution is -0.115. The Morgan fingerprint density at radius 3 is 2.07 bits per heavy atom. The van der Waals surface area contributed by atoms with Crippen LogP contribution in [-0.2, 0) is 4.79 Å². The van der Waals surface area contributed by atoms with Crippen LogP contribution >= 0.6 is 0 Å². The fourth-order valence-corrected chi connectivity index (χ4v) is 1.16. The third-order valence-electron chi connectivity index (χ3n) is 1.97. The maximum atomic E-state index is 10.4. The van der Waals surface area contributed by atoms with Crippen molar-refractivity contribution in [2.75, 3.05) is 14.2 Å². The fourth-order valence-electron chi connectivity index (χ4n) is 1.16. The molecule has 1 aromatic carbocycles. The lowest BCUT2D eigenvalue weighted by Gasteiger charge is -2.11. The van der Waals surface area contributed by atoms with Gasteiger partial charge in [-0.3, -0.25) is 0 Å². The van der Waals surface area contributed by atoms with Gasteiger partial charge in [0.25, 0.3) is 0 Å². The summed E-state index contributed by atoms with van der Waals surface area (Å²) in [6.45, 7) is 0. The van der Waals surface area contributed by atoms with Crippen molar-refractivity contribution >= 4 is 6.29 Å². The molecule has 1 aromatic rings. The number of carbonyl (C=O) groups is 1. The number of hydrogen-bond acceptors (Lipinski definition) is 5. The predicted molar refractivity (Wildman–Crippen MR) is 52.2 cm³/mol. The molecule has 0 aliphatic rings. The van der Waals surface area contributed by atoms with Gasteiger partial charge in [-0.15, -0.1) is 0 Å². The number of aromatic hydroxyl groups is 1. The molecule has 1 atom stereocenters. The zero-order valence-electron chi connectivity index (χ0n) is 8.43. The highest BCUT2D eigenvalue weighted by Gasteiger charge is 2.15. The van der Waals surface area contributed by atoms with E-state index in [0.29, 0.717) is 11.8 Å². The number of aldehydes is 1. The van der Waals surface area contributed by atoms with E-state index >= 15 is 0 Å². The van der Waals surface area contributed by atoms with Gasteiger partial charge >= 0.3 is 0 Å². The molecule has 2 N–H and O–H groups in total. The van der Waals surface area contributed by atoms with Crippen LogP contribution in [0.4, 0.5) is 0 Å². The zero-order chi connectivity index (χ0) is 11.4. The van der Waals surface area contributed by atoms with Crippen molar-refractivity contribution in [1.29, 1.82) is 0 Å². The molecule has 0 saturated heterocycles. The molecule has 0 aliphatic carbocycles. The Balaban J connectivity index is 3.26. The van der Waals surface area contributed by atoms with Crippen LogP contribution in [0, 0.1) is 0 Å². The van der Waals surface area contributed by atoms with Crippen molar-refractivity contribution in [3.05, 3.63) is 17.7 Å². The number of hydrogen-bond donors (Lipinski definition) is 2. The molecule has 0 bridgehead atoms. The maximum absolute atomic E-state index is 10.4. The van der Waals surface area contributed by atoms with Gasteiger partial charge in [-0.05, 0) is 17.7 Å². The van der Waals surface area contributed by atoms with Crippen molar-refractivity contribution in [2.45, 2.75) is 6.10 Å². The van der Waals surface area contributed by atoms with Gasteiger partial charge in [-0.1, -0.05) is 0 Å². The zero-order valence-corrected chi connectivity index (χ0v) is 8.43. The molecule has 0 radical (unpaired) electrons. The topological polar surface area (TPSA) is 76.0 Å². The number of phenolic OH excluding ortho intramolecular Hbond substituents is 1. The second kappa shape index (κ2) is 4.65. The quantitative estimate of drug-likeness (QED) is 0.716. The van der Waals surface area contributed by atoms with Crippen LogP contribution in [0.15, 0.2) is 12.1 Å². The highest BCUT2D eigenvalue weighted by Crippen LogP contribution is 2.38. The van der Waals surface area contributed by atoms with Crippen molar-refractivity contribution in [3.8, 4) is 17.2 Å². The maximum Gasteiger partial charge on any atom is 0.200 e. The first kappa shape index (κ1) is 11.3. The molecule has 0 heterocycles. The Morgan fingerprint density at radius 2 is 1.73 bits per heavy atom. The number of phenols is 1. The molecule has 82 valence electrons. The van der Waals surface area contributed by atoms with E-state index in [1.165, 1.54) is 26.4 Å². The number of benzene rings is 1. The van der Waals surface area contributed by atoms with Crippen LogP contribution in [0.5, 0.6) is 17.2 Å². The summed E-state index contributed by atoms with van der Waals surface area (Å²) < 4.78 is 9.73. The van der Waals surface area contributed by atoms with Crippen LogP contribution in [-0.4, -0.2) is 30.7 Å². The summed E-state index contributed by atoms with van der Waals surface area (Å²) in [5.41, 5.74) is 0.302. The Labute approximate surface area is 86.9 Å². The highest BCUT2D eigenvalue weighted by molar-refractivity contribution is 5.63. The first-order valence-electron chi connectivity index (χ1n) is 4.22. The molecule has 15 heavy (non-hydrogen) atoms. The number of aliphatic hydroxyl groups is 1. The number of aliphatic hydroxyl groups excluding tert-OH is 1. The average Bonchev–Trinajstić information content (AvgIpc) is 2.28. The largest absolute Gasteiger partial charge is 0.502 e. The van der Waals surface area contributed by atoms with Crippen LogP contribution in [0.2, 0.25) is 0 Å². The Morgan fingerprint density at radius 1 is 1.27 bits per heavy atom. The lowest BCUT2D eigenvalue weighted by atomic mass is 10.1. The second-order valence-electron chi connectivity index (χ2n) is 2.85. The predicted octanol–water partition coefficient (Wildman–Crippen LogP) is 0.642. The van der Waals surface area contributed by atoms with Crippen LogP contribution < -0.4 is 9.47 Å². The molecule has 0 aliphatic heterocycles. The van der Waals surface area contributed by atoms with Gasteiger partial charge in [-0.2, -0.15) is 0 Å². The molecule has 0 aromatic heterocycles. The Kier molecular flexibility index (Phi) is 3.51. The molecule has 1 rings (SSSR count). The molecular weight excluding hydrogens is 200 g/mol. The molecular formula is C10H12O5. The highest BCUT2D eigenvalue weighted by atomic mass is 16.5. The van der Waals surface area contributed by atoms with E-state index in [-0.39, 0.29) is 17.2 Å². The van der Waals surface area contributed by atoms with Gasteiger partial charge in [0.15, 0.2) is 17.8 Å². The molecule has 0 amide bonds. The standard InChI is InChI=1S/C10H12O5/c1-14-8-3-6(7(12)5-11)4-9(15-2)10(8)13/h3-5,7,12-13H,1-2H3. The second-order valence-corrected chi connectivity index (χ2v) is 2.85. The van der Waals surface area contributed by atoms with Crippen LogP contribution in [0.3, 0.4) is 0 Å². The van der Waals surface area contributed by atoms with E-state index in [0.717, 1.165) is 0 Å². The van der Waals surface area contributed by atoms with E-state index in [1.54, 1.807) is 0 Å². The van der Waals surface area contributed by atoms with E-state index in [4.69, 9.17) is 9.47 Å². The van der Waals surface area contributed by atoms with Crippen LogP contribution in [0.25, 0.3) is 0 Å². The van der Waals surface area contributed by atoms with E-state index in [1.807, 2.05) is 0 Å². The minimum Gasteiger partial charge on any atom is -0.502 e. The van der Waals surface area contributed by atoms with Gasteiger partial charge < -0.3 is 24.5 Å². The van der Waals surface area contributed by atoms with Crippen molar-refractivity contribution in [2.24, 2.45) is 0 Å². The molecule has 5 heteroatoms. The fraction of sp³-hybridized carbons (Fsp3) is 0.300. The average molecular weight is 212 g/mol.